The van der Waals surface area contributed by atoms with Crippen LogP contribution in [0.5, 0.6) is 0 Å². The lowest BCUT2D eigenvalue weighted by Crippen LogP contribution is -2.34. The third-order valence-electron chi connectivity index (χ3n) is 5.01. The SMILES string of the molecule is Cc1ccccc1NS(=O)(=O)c1ccc(C(=O)NC2CCCCCC2)cc1. The zero-order valence-electron chi connectivity index (χ0n) is 15.6. The molecule has 1 amide bonds. The zero-order valence-corrected chi connectivity index (χ0v) is 16.4. The molecule has 0 aliphatic heterocycles. The lowest BCUT2D eigenvalue weighted by Gasteiger charge is -2.16. The van der Waals surface area contributed by atoms with Gasteiger partial charge in [-0.2, -0.15) is 0 Å². The number of carbonyl (C=O) groups excluding carboxylic acids is 1. The van der Waals surface area contributed by atoms with Gasteiger partial charge in [-0.1, -0.05) is 43.9 Å². The molecular weight excluding hydrogens is 360 g/mol. The molecular formula is C21H26N2O3S. The molecule has 5 nitrogen and oxygen atoms in total. The summed E-state index contributed by atoms with van der Waals surface area (Å²) < 4.78 is 27.8. The van der Waals surface area contributed by atoms with Gasteiger partial charge in [0.1, 0.15) is 0 Å². The van der Waals surface area contributed by atoms with Crippen LogP contribution in [0.25, 0.3) is 0 Å². The van der Waals surface area contributed by atoms with Crippen LogP contribution in [0.3, 0.4) is 0 Å². The van der Waals surface area contributed by atoms with E-state index in [1.54, 1.807) is 24.3 Å². The normalized spacial score (nSPS) is 15.7. The van der Waals surface area contributed by atoms with Crippen molar-refractivity contribution in [1.82, 2.24) is 5.32 Å². The Kier molecular flexibility index (Phi) is 6.16. The van der Waals surface area contributed by atoms with Crippen molar-refractivity contribution in [2.24, 2.45) is 0 Å². The summed E-state index contributed by atoms with van der Waals surface area (Å²) in [4.78, 5) is 12.6. The largest absolute Gasteiger partial charge is 0.349 e. The predicted octanol–water partition coefficient (Wildman–Crippen LogP) is 4.25. The lowest BCUT2D eigenvalue weighted by molar-refractivity contribution is 0.0933. The summed E-state index contributed by atoms with van der Waals surface area (Å²) in [5.41, 5.74) is 1.88. The molecule has 0 radical (unpaired) electrons. The van der Waals surface area contributed by atoms with E-state index < -0.39 is 10.0 Å². The first-order valence-electron chi connectivity index (χ1n) is 9.45. The summed E-state index contributed by atoms with van der Waals surface area (Å²) in [5.74, 6) is -0.141. The molecule has 1 saturated carbocycles. The fourth-order valence-electron chi connectivity index (χ4n) is 3.37. The highest BCUT2D eigenvalue weighted by Crippen LogP contribution is 2.20. The average molecular weight is 387 g/mol. The van der Waals surface area contributed by atoms with Crippen LogP contribution in [0.1, 0.15) is 54.4 Å². The second-order valence-corrected chi connectivity index (χ2v) is 8.79. The minimum atomic E-state index is -3.69. The number of benzene rings is 2. The maximum Gasteiger partial charge on any atom is 0.261 e. The summed E-state index contributed by atoms with van der Waals surface area (Å²) in [5, 5.41) is 3.08. The van der Waals surface area contributed by atoms with Crippen LogP contribution in [-0.2, 0) is 10.0 Å². The van der Waals surface area contributed by atoms with E-state index in [9.17, 15) is 13.2 Å². The number of anilines is 1. The smallest absolute Gasteiger partial charge is 0.261 e. The Morgan fingerprint density at radius 2 is 1.56 bits per heavy atom. The number of hydrogen-bond donors (Lipinski definition) is 2. The fraction of sp³-hybridized carbons (Fsp3) is 0.381. The summed E-state index contributed by atoms with van der Waals surface area (Å²) in [7, 11) is -3.69. The minimum Gasteiger partial charge on any atom is -0.349 e. The lowest BCUT2D eigenvalue weighted by atomic mass is 10.1. The van der Waals surface area contributed by atoms with Gasteiger partial charge in [0, 0.05) is 11.6 Å². The molecule has 0 spiro atoms. The van der Waals surface area contributed by atoms with Crippen molar-refractivity contribution in [2.45, 2.75) is 56.4 Å². The van der Waals surface area contributed by atoms with Crippen molar-refractivity contribution in [3.8, 4) is 0 Å². The Balaban J connectivity index is 1.68. The predicted molar refractivity (Wildman–Crippen MR) is 107 cm³/mol. The van der Waals surface area contributed by atoms with Crippen LogP contribution >= 0.6 is 0 Å². The number of hydrogen-bond acceptors (Lipinski definition) is 3. The molecule has 2 N–H and O–H groups in total. The third-order valence-corrected chi connectivity index (χ3v) is 6.39. The Bertz CT molecular complexity index is 884. The molecule has 0 bridgehead atoms. The van der Waals surface area contributed by atoms with Crippen molar-refractivity contribution in [3.05, 3.63) is 59.7 Å². The first kappa shape index (κ1) is 19.4. The minimum absolute atomic E-state index is 0.136. The van der Waals surface area contributed by atoms with Crippen LogP contribution in [0.2, 0.25) is 0 Å². The second kappa shape index (κ2) is 8.57. The Morgan fingerprint density at radius 1 is 0.926 bits per heavy atom. The number of carbonyl (C=O) groups is 1. The number of aryl methyl sites for hydroxylation is 1. The molecule has 0 saturated heterocycles. The molecule has 2 aromatic rings. The maximum absolute atomic E-state index is 12.6. The quantitative estimate of drug-likeness (QED) is 0.755. The second-order valence-electron chi connectivity index (χ2n) is 7.11. The van der Waals surface area contributed by atoms with E-state index in [1.807, 2.05) is 19.1 Å². The average Bonchev–Trinajstić information content (AvgIpc) is 2.92. The maximum atomic E-state index is 12.6. The van der Waals surface area contributed by atoms with Crippen molar-refractivity contribution in [2.75, 3.05) is 4.72 Å². The fourth-order valence-corrected chi connectivity index (χ4v) is 4.50. The van der Waals surface area contributed by atoms with E-state index >= 15 is 0 Å². The van der Waals surface area contributed by atoms with Crippen LogP contribution in [0, 0.1) is 6.92 Å². The number of amides is 1. The van der Waals surface area contributed by atoms with Crippen LogP contribution < -0.4 is 10.0 Å². The first-order chi connectivity index (χ1) is 13.0. The molecule has 6 heteroatoms. The summed E-state index contributed by atoms with van der Waals surface area (Å²) >= 11 is 0. The molecule has 144 valence electrons. The van der Waals surface area contributed by atoms with E-state index in [0.29, 0.717) is 11.3 Å². The van der Waals surface area contributed by atoms with Gasteiger partial charge in [0.15, 0.2) is 0 Å². The molecule has 0 aromatic heterocycles. The standard InChI is InChI=1S/C21H26N2O3S/c1-16-8-6-7-11-20(16)23-27(25,26)19-14-12-17(13-15-19)21(24)22-18-9-4-2-3-5-10-18/h6-8,11-15,18,23H,2-5,9-10H2,1H3,(H,22,24). The van der Waals surface area contributed by atoms with E-state index in [1.165, 1.54) is 25.0 Å². The monoisotopic (exact) mass is 386 g/mol. The zero-order chi connectivity index (χ0) is 19.3. The molecule has 3 rings (SSSR count). The molecule has 1 aliphatic rings. The Morgan fingerprint density at radius 3 is 2.19 bits per heavy atom. The molecule has 27 heavy (non-hydrogen) atoms. The van der Waals surface area contributed by atoms with Crippen LogP contribution in [-0.4, -0.2) is 20.4 Å². The number of sulfonamides is 1. The van der Waals surface area contributed by atoms with Gasteiger partial charge in [-0.25, -0.2) is 8.42 Å². The highest BCUT2D eigenvalue weighted by Gasteiger charge is 2.18. The van der Waals surface area contributed by atoms with Gasteiger partial charge in [-0.15, -0.1) is 0 Å². The summed E-state index contributed by atoms with van der Waals surface area (Å²) in [6, 6.07) is 13.5. The summed E-state index contributed by atoms with van der Waals surface area (Å²) in [6.07, 6.45) is 6.77. The van der Waals surface area contributed by atoms with Gasteiger partial charge in [0.2, 0.25) is 0 Å². The molecule has 0 atom stereocenters. The van der Waals surface area contributed by atoms with E-state index in [2.05, 4.69) is 10.0 Å². The Labute approximate surface area is 161 Å². The topological polar surface area (TPSA) is 75.3 Å². The van der Waals surface area contributed by atoms with Gasteiger partial charge in [-0.05, 0) is 55.7 Å². The third kappa shape index (κ3) is 5.10. The van der Waals surface area contributed by atoms with Crippen molar-refractivity contribution in [3.63, 3.8) is 0 Å². The van der Waals surface area contributed by atoms with Crippen molar-refractivity contribution >= 4 is 21.6 Å². The van der Waals surface area contributed by atoms with Crippen LogP contribution in [0.4, 0.5) is 5.69 Å². The number of rotatable bonds is 5. The van der Waals surface area contributed by atoms with Crippen molar-refractivity contribution < 1.29 is 13.2 Å². The highest BCUT2D eigenvalue weighted by molar-refractivity contribution is 7.92. The van der Waals surface area contributed by atoms with Gasteiger partial charge in [0.25, 0.3) is 15.9 Å². The van der Waals surface area contributed by atoms with Gasteiger partial charge >= 0.3 is 0 Å². The van der Waals surface area contributed by atoms with Crippen molar-refractivity contribution in [1.29, 1.82) is 0 Å². The molecule has 1 fully saturated rings. The molecule has 1 aliphatic carbocycles. The first-order valence-corrected chi connectivity index (χ1v) is 10.9. The molecule has 0 heterocycles. The summed E-state index contributed by atoms with van der Waals surface area (Å²) in [6.45, 7) is 1.85. The number of nitrogens with one attached hydrogen (secondary N) is 2. The van der Waals surface area contributed by atoms with E-state index in [0.717, 1.165) is 31.2 Å². The van der Waals surface area contributed by atoms with Gasteiger partial charge in [-0.3, -0.25) is 9.52 Å². The highest BCUT2D eigenvalue weighted by atomic mass is 32.2. The van der Waals surface area contributed by atoms with Gasteiger partial charge in [0.05, 0.1) is 10.6 Å². The Hall–Kier alpha value is -2.34. The van der Waals surface area contributed by atoms with Gasteiger partial charge < -0.3 is 5.32 Å². The molecule has 0 unspecified atom stereocenters. The van der Waals surface area contributed by atoms with E-state index in [4.69, 9.17) is 0 Å². The number of para-hydroxylation sites is 1. The van der Waals surface area contributed by atoms with E-state index in [-0.39, 0.29) is 16.8 Å². The van der Waals surface area contributed by atoms with Crippen LogP contribution in [0.15, 0.2) is 53.4 Å². The molecule has 2 aromatic carbocycles.